The molecule has 8 nitrogen and oxygen atoms in total. The van der Waals surface area contributed by atoms with E-state index in [2.05, 4.69) is 20.5 Å². The second kappa shape index (κ2) is 11.9. The van der Waals surface area contributed by atoms with Gasteiger partial charge >= 0.3 is 6.03 Å². The maximum atomic E-state index is 14.1. The Morgan fingerprint density at radius 1 is 1.05 bits per heavy atom. The third kappa shape index (κ3) is 5.88. The number of hydrogen-bond acceptors (Lipinski definition) is 5. The van der Waals surface area contributed by atoms with Crippen LogP contribution in [0.5, 0.6) is 0 Å². The maximum Gasteiger partial charge on any atom is 0.320 e. The monoisotopic (exact) mass is 546 g/mol. The number of urea groups is 1. The summed E-state index contributed by atoms with van der Waals surface area (Å²) in [6.45, 7) is 6.12. The maximum absolute atomic E-state index is 14.1. The normalized spacial score (nSPS) is 17.2. The van der Waals surface area contributed by atoms with Crippen LogP contribution in [0.3, 0.4) is 0 Å². The van der Waals surface area contributed by atoms with Gasteiger partial charge in [-0.05, 0) is 55.8 Å². The number of rotatable bonds is 8. The molecule has 10 heteroatoms. The van der Waals surface area contributed by atoms with Gasteiger partial charge in [0.2, 0.25) is 0 Å². The number of likely N-dealkylation sites (tertiary alicyclic amines) is 1. The Bertz CT molecular complexity index is 1480. The predicted molar refractivity (Wildman–Crippen MR) is 150 cm³/mol. The van der Waals surface area contributed by atoms with Gasteiger partial charge in [-0.1, -0.05) is 24.3 Å². The van der Waals surface area contributed by atoms with Crippen molar-refractivity contribution in [3.63, 3.8) is 0 Å². The molecule has 1 aliphatic rings. The van der Waals surface area contributed by atoms with Gasteiger partial charge in [0.1, 0.15) is 5.82 Å². The second-order valence-corrected chi connectivity index (χ2v) is 10.00. The summed E-state index contributed by atoms with van der Waals surface area (Å²) in [6, 6.07) is 16.6. The molecule has 0 aliphatic carbocycles. The number of ether oxygens (including phenoxy) is 1. The van der Waals surface area contributed by atoms with Gasteiger partial charge in [0.15, 0.2) is 11.6 Å². The number of aromatic nitrogens is 3. The third-order valence-corrected chi connectivity index (χ3v) is 7.24. The van der Waals surface area contributed by atoms with Crippen molar-refractivity contribution in [2.75, 3.05) is 38.7 Å². The van der Waals surface area contributed by atoms with Crippen LogP contribution in [-0.2, 0) is 4.74 Å². The number of anilines is 1. The fraction of sp³-hybridized carbons (Fsp3) is 0.300. The summed E-state index contributed by atoms with van der Waals surface area (Å²) >= 11 is 0. The number of nitrogens with zero attached hydrogens (tertiary/aromatic N) is 4. The zero-order chi connectivity index (χ0) is 28.2. The van der Waals surface area contributed by atoms with Crippen LogP contribution in [0.15, 0.2) is 66.9 Å². The molecule has 2 unspecified atom stereocenters. The summed E-state index contributed by atoms with van der Waals surface area (Å²) in [5, 5.41) is 10.9. The Morgan fingerprint density at radius 2 is 1.85 bits per heavy atom. The van der Waals surface area contributed by atoms with Gasteiger partial charge in [-0.15, -0.1) is 0 Å². The highest BCUT2D eigenvalue weighted by Crippen LogP contribution is 2.31. The number of halogens is 2. The summed E-state index contributed by atoms with van der Waals surface area (Å²) in [7, 11) is 1.63. The molecular weight excluding hydrogens is 514 g/mol. The largest absolute Gasteiger partial charge is 0.383 e. The number of aryl methyl sites for hydroxylation is 1. The van der Waals surface area contributed by atoms with Crippen LogP contribution in [0.2, 0.25) is 0 Å². The smallest absolute Gasteiger partial charge is 0.320 e. The molecule has 2 amide bonds. The van der Waals surface area contributed by atoms with Crippen molar-refractivity contribution < 1.29 is 18.3 Å². The molecule has 208 valence electrons. The lowest BCUT2D eigenvalue weighted by Gasteiger charge is -2.21. The zero-order valence-electron chi connectivity index (χ0n) is 22.7. The van der Waals surface area contributed by atoms with Crippen molar-refractivity contribution in [3.05, 3.63) is 95.3 Å². The van der Waals surface area contributed by atoms with Crippen LogP contribution < -0.4 is 10.6 Å². The molecule has 2 N–H and O–H groups in total. The number of para-hydroxylation sites is 1. The first-order valence-electron chi connectivity index (χ1n) is 13.2. The fourth-order valence-corrected chi connectivity index (χ4v) is 5.11. The molecule has 40 heavy (non-hydrogen) atoms. The number of methoxy groups -OCH3 is 1. The topological polar surface area (TPSA) is 84.3 Å². The molecule has 0 saturated carbocycles. The van der Waals surface area contributed by atoms with Crippen molar-refractivity contribution >= 4 is 11.8 Å². The highest BCUT2D eigenvalue weighted by Gasteiger charge is 2.35. The van der Waals surface area contributed by atoms with Crippen LogP contribution in [0.1, 0.15) is 22.7 Å². The Morgan fingerprint density at radius 3 is 2.55 bits per heavy atom. The quantitative estimate of drug-likeness (QED) is 0.323. The van der Waals surface area contributed by atoms with Crippen molar-refractivity contribution in [2.24, 2.45) is 0 Å². The van der Waals surface area contributed by atoms with Gasteiger partial charge in [0.05, 0.1) is 24.0 Å². The van der Waals surface area contributed by atoms with Gasteiger partial charge in [-0.2, -0.15) is 5.10 Å². The number of nitrogens with one attached hydrogen (secondary N) is 2. The number of carbonyl (C=O) groups excluding carboxylic acids is 1. The second-order valence-electron chi connectivity index (χ2n) is 10.00. The van der Waals surface area contributed by atoms with E-state index in [9.17, 15) is 13.6 Å². The summed E-state index contributed by atoms with van der Waals surface area (Å²) in [4.78, 5) is 20.0. The number of benzene rings is 2. The average Bonchev–Trinajstić information content (AvgIpc) is 3.50. The van der Waals surface area contributed by atoms with Gasteiger partial charge in [0, 0.05) is 55.7 Å². The Hall–Kier alpha value is -4.15. The highest BCUT2D eigenvalue weighted by molar-refractivity contribution is 5.91. The SMILES string of the molecule is COCCN1CC(NC(=O)Nc2c(C)c(-c3ccc(C)nc3)nn2-c2ccccc2)C(c2ccc(F)c(F)c2)C1. The van der Waals surface area contributed by atoms with Crippen molar-refractivity contribution in [1.82, 2.24) is 25.0 Å². The molecule has 2 aromatic carbocycles. The standard InChI is InChI=1S/C30H32F2N6O2/c1-19-9-10-22(16-33-19)28-20(2)29(38(36-28)23-7-5-4-6-8-23)35-30(39)34-27-18-37(13-14-40-3)17-24(27)21-11-12-25(31)26(32)15-21/h4-12,15-16,24,27H,13-14,17-18H2,1-3H3,(H2,34,35,39). The van der Waals surface area contributed by atoms with Crippen LogP contribution >= 0.6 is 0 Å². The van der Waals surface area contributed by atoms with Crippen LogP contribution in [0.4, 0.5) is 19.4 Å². The first-order valence-corrected chi connectivity index (χ1v) is 13.2. The van der Waals surface area contributed by atoms with Gasteiger partial charge in [-0.25, -0.2) is 18.3 Å². The predicted octanol–water partition coefficient (Wildman–Crippen LogP) is 5.07. The van der Waals surface area contributed by atoms with E-state index in [4.69, 9.17) is 9.84 Å². The number of carbonyl (C=O) groups is 1. The molecule has 1 saturated heterocycles. The first-order chi connectivity index (χ1) is 19.3. The lowest BCUT2D eigenvalue weighted by Crippen LogP contribution is -2.42. The molecule has 1 fully saturated rings. The molecule has 3 heterocycles. The molecule has 0 bridgehead atoms. The molecule has 0 spiro atoms. The van der Waals surface area contributed by atoms with E-state index >= 15 is 0 Å². The Kier molecular flexibility index (Phi) is 8.18. The molecule has 0 radical (unpaired) electrons. The van der Waals surface area contributed by atoms with Crippen molar-refractivity contribution in [1.29, 1.82) is 0 Å². The molecule has 2 aromatic heterocycles. The minimum atomic E-state index is -0.906. The first kappa shape index (κ1) is 27.4. The summed E-state index contributed by atoms with van der Waals surface area (Å²) in [5.74, 6) is -1.51. The van der Waals surface area contributed by atoms with E-state index in [1.54, 1.807) is 24.1 Å². The highest BCUT2D eigenvalue weighted by atomic mass is 19.2. The van der Waals surface area contributed by atoms with Crippen LogP contribution in [-0.4, -0.2) is 65.1 Å². The van der Waals surface area contributed by atoms with E-state index in [1.165, 1.54) is 6.07 Å². The minimum Gasteiger partial charge on any atom is -0.383 e. The van der Waals surface area contributed by atoms with Gasteiger partial charge in [0.25, 0.3) is 0 Å². The third-order valence-electron chi connectivity index (χ3n) is 7.24. The lowest BCUT2D eigenvalue weighted by molar-refractivity contribution is 0.159. The summed E-state index contributed by atoms with van der Waals surface area (Å²) in [5.41, 5.74) is 4.65. The number of hydrogen-bond donors (Lipinski definition) is 2. The van der Waals surface area contributed by atoms with Gasteiger partial charge < -0.3 is 10.1 Å². The Labute approximate surface area is 232 Å². The summed E-state index contributed by atoms with van der Waals surface area (Å²) < 4.78 is 34.7. The van der Waals surface area contributed by atoms with Gasteiger partial charge in [-0.3, -0.25) is 15.2 Å². The van der Waals surface area contributed by atoms with E-state index in [0.717, 1.165) is 28.6 Å². The lowest BCUT2D eigenvalue weighted by atomic mass is 9.94. The molecule has 5 rings (SSSR count). The molecular formula is C30H32F2N6O2. The van der Waals surface area contributed by atoms with Crippen LogP contribution in [0.25, 0.3) is 16.9 Å². The zero-order valence-corrected chi connectivity index (χ0v) is 22.7. The molecule has 2 atom stereocenters. The molecule has 4 aromatic rings. The van der Waals surface area contributed by atoms with Crippen LogP contribution in [0, 0.1) is 25.5 Å². The van der Waals surface area contributed by atoms with E-state index < -0.39 is 17.7 Å². The fourth-order valence-electron chi connectivity index (χ4n) is 5.11. The van der Waals surface area contributed by atoms with E-state index in [0.29, 0.717) is 43.3 Å². The van der Waals surface area contributed by atoms with E-state index in [-0.39, 0.29) is 12.0 Å². The van der Waals surface area contributed by atoms with Crippen molar-refractivity contribution in [2.45, 2.75) is 25.8 Å². The number of pyridine rings is 1. The minimum absolute atomic E-state index is 0.230. The van der Waals surface area contributed by atoms with E-state index in [1.807, 2.05) is 56.3 Å². The Balaban J connectivity index is 1.42. The number of amides is 2. The average molecular weight is 547 g/mol. The molecule has 1 aliphatic heterocycles. The van der Waals surface area contributed by atoms with Crippen molar-refractivity contribution in [3.8, 4) is 16.9 Å². The summed E-state index contributed by atoms with van der Waals surface area (Å²) in [6.07, 6.45) is 1.77.